The predicted octanol–water partition coefficient (Wildman–Crippen LogP) is 3.22. The molecule has 0 saturated heterocycles. The van der Waals surface area contributed by atoms with Gasteiger partial charge < -0.3 is 9.55 Å². The van der Waals surface area contributed by atoms with Gasteiger partial charge in [0.25, 0.3) is 0 Å². The standard InChI is InChI=1S/C12H10ClN3/c1-16-7-9(10-6-14-12(13)15-10)8-4-2-3-5-11(8)16/h2-7H,1H3,(H,14,15). The summed E-state index contributed by atoms with van der Waals surface area (Å²) in [4.78, 5) is 7.05. The number of H-pyrrole nitrogens is 1. The zero-order valence-corrected chi connectivity index (χ0v) is 9.49. The van der Waals surface area contributed by atoms with Crippen molar-refractivity contribution in [2.24, 2.45) is 7.05 Å². The molecule has 0 spiro atoms. The first-order chi connectivity index (χ1) is 7.75. The largest absolute Gasteiger partial charge is 0.350 e. The number of halogens is 1. The lowest BCUT2D eigenvalue weighted by atomic mass is 10.1. The fraction of sp³-hybridized carbons (Fsp3) is 0.0833. The van der Waals surface area contributed by atoms with E-state index in [0.717, 1.165) is 11.3 Å². The normalized spacial score (nSPS) is 11.1. The zero-order valence-electron chi connectivity index (χ0n) is 8.74. The Morgan fingerprint density at radius 3 is 2.88 bits per heavy atom. The van der Waals surface area contributed by atoms with E-state index in [1.54, 1.807) is 6.20 Å². The highest BCUT2D eigenvalue weighted by atomic mass is 35.5. The van der Waals surface area contributed by atoms with Crippen molar-refractivity contribution >= 4 is 22.5 Å². The van der Waals surface area contributed by atoms with Crippen LogP contribution in [0.25, 0.3) is 22.2 Å². The van der Waals surface area contributed by atoms with E-state index in [1.807, 2.05) is 19.2 Å². The van der Waals surface area contributed by atoms with Crippen LogP contribution in [0.1, 0.15) is 0 Å². The second-order valence-electron chi connectivity index (χ2n) is 3.76. The third-order valence-corrected chi connectivity index (χ3v) is 2.92. The minimum Gasteiger partial charge on any atom is -0.350 e. The Morgan fingerprint density at radius 1 is 1.31 bits per heavy atom. The Balaban J connectivity index is 2.32. The van der Waals surface area contributed by atoms with Crippen molar-refractivity contribution in [2.75, 3.05) is 0 Å². The number of hydrogen-bond donors (Lipinski definition) is 1. The first-order valence-corrected chi connectivity index (χ1v) is 5.38. The second kappa shape index (κ2) is 3.39. The first-order valence-electron chi connectivity index (χ1n) is 5.00. The molecular formula is C12H10ClN3. The molecule has 1 N–H and O–H groups in total. The lowest BCUT2D eigenvalue weighted by Crippen LogP contribution is -1.81. The maximum absolute atomic E-state index is 5.79. The number of aryl methyl sites for hydroxylation is 1. The molecule has 16 heavy (non-hydrogen) atoms. The molecule has 0 bridgehead atoms. The predicted molar refractivity (Wildman–Crippen MR) is 65.5 cm³/mol. The molecule has 0 unspecified atom stereocenters. The summed E-state index contributed by atoms with van der Waals surface area (Å²) >= 11 is 5.79. The second-order valence-corrected chi connectivity index (χ2v) is 4.12. The summed E-state index contributed by atoms with van der Waals surface area (Å²) in [5.74, 6) is 0. The Bertz CT molecular complexity index is 651. The van der Waals surface area contributed by atoms with Crippen LogP contribution in [0.2, 0.25) is 5.28 Å². The molecule has 1 aromatic carbocycles. The van der Waals surface area contributed by atoms with Crippen molar-refractivity contribution in [3.8, 4) is 11.3 Å². The highest BCUT2D eigenvalue weighted by molar-refractivity contribution is 6.28. The van der Waals surface area contributed by atoms with E-state index in [2.05, 4.69) is 32.9 Å². The number of imidazole rings is 1. The Labute approximate surface area is 97.7 Å². The number of aromatic amines is 1. The van der Waals surface area contributed by atoms with Crippen LogP contribution in [0.15, 0.2) is 36.7 Å². The summed E-state index contributed by atoms with van der Waals surface area (Å²) in [5.41, 5.74) is 3.27. The first kappa shape index (κ1) is 9.48. The summed E-state index contributed by atoms with van der Waals surface area (Å²) < 4.78 is 2.10. The Kier molecular flexibility index (Phi) is 2.01. The Morgan fingerprint density at radius 2 is 2.12 bits per heavy atom. The van der Waals surface area contributed by atoms with Gasteiger partial charge in [0, 0.05) is 29.7 Å². The van der Waals surface area contributed by atoms with Crippen LogP contribution >= 0.6 is 11.6 Å². The van der Waals surface area contributed by atoms with Gasteiger partial charge in [-0.1, -0.05) is 18.2 Å². The van der Waals surface area contributed by atoms with E-state index in [9.17, 15) is 0 Å². The molecule has 2 heterocycles. The van der Waals surface area contributed by atoms with Crippen LogP contribution in [-0.2, 0) is 7.05 Å². The highest BCUT2D eigenvalue weighted by Gasteiger charge is 2.09. The van der Waals surface area contributed by atoms with Gasteiger partial charge in [-0.15, -0.1) is 0 Å². The molecule has 2 aromatic heterocycles. The van der Waals surface area contributed by atoms with Crippen LogP contribution in [0.4, 0.5) is 0 Å². The van der Waals surface area contributed by atoms with Crippen molar-refractivity contribution < 1.29 is 0 Å². The average Bonchev–Trinajstić information content (AvgIpc) is 2.84. The molecule has 3 nitrogen and oxygen atoms in total. The number of hydrogen-bond acceptors (Lipinski definition) is 1. The van der Waals surface area contributed by atoms with E-state index in [0.29, 0.717) is 5.28 Å². The van der Waals surface area contributed by atoms with E-state index >= 15 is 0 Å². The molecule has 0 aliphatic heterocycles. The lowest BCUT2D eigenvalue weighted by molar-refractivity contribution is 0.970. The third kappa shape index (κ3) is 1.32. The van der Waals surface area contributed by atoms with E-state index in [-0.39, 0.29) is 0 Å². The van der Waals surface area contributed by atoms with Gasteiger partial charge in [0.15, 0.2) is 5.28 Å². The highest BCUT2D eigenvalue weighted by Crippen LogP contribution is 2.29. The van der Waals surface area contributed by atoms with Crippen molar-refractivity contribution in [2.45, 2.75) is 0 Å². The maximum Gasteiger partial charge on any atom is 0.200 e. The monoisotopic (exact) mass is 231 g/mol. The topological polar surface area (TPSA) is 33.6 Å². The fourth-order valence-electron chi connectivity index (χ4n) is 1.99. The van der Waals surface area contributed by atoms with Gasteiger partial charge in [-0.05, 0) is 17.7 Å². The summed E-state index contributed by atoms with van der Waals surface area (Å²) in [6, 6.07) is 8.26. The molecule has 0 fully saturated rings. The number of rotatable bonds is 1. The summed E-state index contributed by atoms with van der Waals surface area (Å²) in [6.07, 6.45) is 3.83. The Hall–Kier alpha value is -1.74. The van der Waals surface area contributed by atoms with Crippen LogP contribution in [0.5, 0.6) is 0 Å². The number of para-hydroxylation sites is 1. The molecule has 0 aliphatic rings. The van der Waals surface area contributed by atoms with Gasteiger partial charge in [0.1, 0.15) is 0 Å². The van der Waals surface area contributed by atoms with Gasteiger partial charge in [0.05, 0.1) is 11.9 Å². The quantitative estimate of drug-likeness (QED) is 0.686. The molecular weight excluding hydrogens is 222 g/mol. The van der Waals surface area contributed by atoms with Crippen LogP contribution in [0, 0.1) is 0 Å². The van der Waals surface area contributed by atoms with Gasteiger partial charge in [-0.2, -0.15) is 0 Å². The fourth-order valence-corrected chi connectivity index (χ4v) is 2.14. The van der Waals surface area contributed by atoms with Crippen molar-refractivity contribution in [3.63, 3.8) is 0 Å². The summed E-state index contributed by atoms with van der Waals surface area (Å²) in [5, 5.41) is 1.62. The average molecular weight is 232 g/mol. The molecule has 80 valence electrons. The van der Waals surface area contributed by atoms with Crippen molar-refractivity contribution in [1.29, 1.82) is 0 Å². The van der Waals surface area contributed by atoms with Crippen LogP contribution < -0.4 is 0 Å². The lowest BCUT2D eigenvalue weighted by Gasteiger charge is -1.94. The van der Waals surface area contributed by atoms with Crippen LogP contribution in [0.3, 0.4) is 0 Å². The molecule has 3 aromatic rings. The SMILES string of the molecule is Cn1cc(-c2cnc(Cl)[nH]2)c2ccccc21. The molecule has 0 saturated carbocycles. The minimum atomic E-state index is 0.419. The number of nitrogens with one attached hydrogen (secondary N) is 1. The zero-order chi connectivity index (χ0) is 11.1. The molecule has 0 atom stereocenters. The van der Waals surface area contributed by atoms with Crippen molar-refractivity contribution in [3.05, 3.63) is 41.9 Å². The molecule has 3 rings (SSSR count). The molecule has 0 radical (unpaired) electrons. The molecule has 4 heteroatoms. The minimum absolute atomic E-state index is 0.419. The van der Waals surface area contributed by atoms with E-state index < -0.39 is 0 Å². The number of fused-ring (bicyclic) bond motifs is 1. The van der Waals surface area contributed by atoms with Crippen LogP contribution in [-0.4, -0.2) is 14.5 Å². The van der Waals surface area contributed by atoms with E-state index in [1.165, 1.54) is 10.9 Å². The van der Waals surface area contributed by atoms with Gasteiger partial charge >= 0.3 is 0 Å². The van der Waals surface area contributed by atoms with Gasteiger partial charge in [-0.25, -0.2) is 4.98 Å². The number of benzene rings is 1. The number of nitrogens with zero attached hydrogens (tertiary/aromatic N) is 2. The van der Waals surface area contributed by atoms with Gasteiger partial charge in [0.2, 0.25) is 0 Å². The van der Waals surface area contributed by atoms with Crippen molar-refractivity contribution in [1.82, 2.24) is 14.5 Å². The van der Waals surface area contributed by atoms with Gasteiger partial charge in [-0.3, -0.25) is 0 Å². The third-order valence-electron chi connectivity index (χ3n) is 2.73. The number of aromatic nitrogens is 3. The molecule has 0 amide bonds. The summed E-state index contributed by atoms with van der Waals surface area (Å²) in [7, 11) is 2.03. The maximum atomic E-state index is 5.79. The smallest absolute Gasteiger partial charge is 0.200 e. The van der Waals surface area contributed by atoms with E-state index in [4.69, 9.17) is 11.6 Å². The summed E-state index contributed by atoms with van der Waals surface area (Å²) in [6.45, 7) is 0. The molecule has 0 aliphatic carbocycles.